The Morgan fingerprint density at radius 1 is 0.720 bits per heavy atom. The zero-order chi connectivity index (χ0) is 83.0. The molecule has 3 saturated heterocycles. The largest absolute Gasteiger partial charge is 0.481 e. The van der Waals surface area contributed by atoms with Crippen LogP contribution in [0.1, 0.15) is 110 Å². The van der Waals surface area contributed by atoms with Crippen molar-refractivity contribution in [2.24, 2.45) is 11.0 Å². The summed E-state index contributed by atoms with van der Waals surface area (Å²) in [5.41, 5.74) is 34.3. The van der Waals surface area contributed by atoms with Gasteiger partial charge in [-0.15, -0.1) is 11.8 Å². The van der Waals surface area contributed by atoms with Gasteiger partial charge >= 0.3 is 38.9 Å². The number of hydrogen-bond donors (Lipinski definition) is 13. The first kappa shape index (κ1) is 95.6. The van der Waals surface area contributed by atoms with Gasteiger partial charge in [-0.05, 0) is 57.5 Å². The second kappa shape index (κ2) is 46.0. The number of aromatic nitrogens is 20. The maximum atomic E-state index is 11.7. The number of imidazole rings is 4. The molecular weight excluding hydrogens is 1610 g/mol. The highest BCUT2D eigenvalue weighted by atomic mass is 32.2. The molecule has 10 aromatic rings. The third-order valence-electron chi connectivity index (χ3n) is 17.3. The molecule has 0 spiro atoms. The number of carboxylic acid groups (broad SMARTS) is 2. The molecule has 50 heteroatoms. The van der Waals surface area contributed by atoms with Crippen LogP contribution in [-0.4, -0.2) is 241 Å². The van der Waals surface area contributed by atoms with Gasteiger partial charge in [-0.2, -0.15) is 15.0 Å². The van der Waals surface area contributed by atoms with Crippen molar-refractivity contribution in [3.05, 3.63) is 133 Å². The van der Waals surface area contributed by atoms with E-state index in [2.05, 4.69) is 91.2 Å². The summed E-state index contributed by atoms with van der Waals surface area (Å²) in [6, 6.07) is 1.67. The van der Waals surface area contributed by atoms with E-state index in [1.807, 2.05) is 26.7 Å². The molecule has 3 aliphatic heterocycles. The quantitative estimate of drug-likeness (QED) is 0.0101. The fourth-order valence-corrected chi connectivity index (χ4v) is 13.4. The lowest BCUT2D eigenvalue weighted by molar-refractivity contribution is -0.143. The number of thioether (sulfide) groups is 1. The Morgan fingerprint density at radius 3 is 1.97 bits per heavy atom. The predicted molar refractivity (Wildman–Crippen MR) is 437 cm³/mol. The van der Waals surface area contributed by atoms with Crippen LogP contribution in [0.3, 0.4) is 0 Å². The number of nitrogens with one attached hydrogen (secondary N) is 3. The van der Waals surface area contributed by atoms with Gasteiger partial charge in [0.2, 0.25) is 18.6 Å². The van der Waals surface area contributed by atoms with Crippen molar-refractivity contribution in [2.45, 2.75) is 160 Å². The number of carboxylic acids is 2. The summed E-state index contributed by atoms with van der Waals surface area (Å²) in [5, 5.41) is 58.8. The van der Waals surface area contributed by atoms with Crippen LogP contribution in [0, 0.1) is 12.8 Å². The van der Waals surface area contributed by atoms with E-state index in [1.165, 1.54) is 46.1 Å². The van der Waals surface area contributed by atoms with Crippen LogP contribution in [0.4, 0.5) is 29.2 Å². The molecule has 13 heterocycles. The Balaban J connectivity index is 0.000000215. The van der Waals surface area contributed by atoms with Crippen LogP contribution in [0.5, 0.6) is 0 Å². The Morgan fingerprint density at radius 2 is 1.37 bits per heavy atom. The lowest BCUT2D eigenvalue weighted by atomic mass is 10.1. The SMILES string of the molecule is C.C.C.CC(Cn1cnc2c(N)ncnc21)OC[P+](C)=O.C[P+](=O)COCCn1cnc2c(N)ncnc21.Cc1cn(C2CC(N=[N+]=[N-])C(CO)O2)c(=O)[nH]c1=O.Nc1ccn(C2COC(CO)S2)c(=O)n1.Nc1nc(NC2CC2)c2ncn([C@@H]3C=C[C@H](CO)C3)c2n1.O=C(O)CCC(=O)O.O=c1[nH]cnc2c1ncn2[C@H]1CC[C@@H](CO)O1. The molecule has 10 aromatic heterocycles. The first-order valence-electron chi connectivity index (χ1n) is 35.5. The number of allylic oxidation sites excluding steroid dienone is 1. The molecule has 12 atom stereocenters. The molecule has 640 valence electrons. The molecule has 4 fully saturated rings. The average Bonchev–Trinajstić information content (AvgIpc) is 1.65. The van der Waals surface area contributed by atoms with Crippen LogP contribution in [0.2, 0.25) is 0 Å². The standard InChI is InChI=1S/C14H18N6O.C10H13N5O4.C10H15N5O2P.C10H12N4O3.C9H13N5O2P.C8H11N3O3S.C4H6O4.3CH4/c15-14-18-12(17-9-2-3-9)11-13(19-14)20(7-16-11)10-4-1-8(5-10)6-21;1-5-3-15(10(18)12-9(5)17)8-2-6(13-14-11)7(4-16)19-8;1-7(17-6-18(2)16)3-15-5-14-8-9(11)12-4-13-10(8)15;15-3-6-1-2-7(17-6)14-5-13-8-9(14)11-4-12-10(8)16;1-17(15)6-16-3-2-14-5-13-7-8(10)11-4-12-9(7)14;9-5-1-2-11(8(13)10-5)6-4-14-7(3-12)15-6;5-3(6)1-2-4(7)8;;;/h1,4,7-10,21H,2-3,5-6H2,(H3,15,17,18,19);3,6-8,16H,2,4H2,1H3,(H,12,17,18);4-5,7H,3,6H2,1-2H3,(H2,11,12,13);4-7,15H,1-3H2,(H,11,12,16);4-5H,2-3,6H2,1H3,(H2,10,11,12);1-2,6-7,12H,3-4H2,(H2,9,10,13);1-2H2,(H,5,6)(H,7,8);3*1H4/q;;+1;;+1;;;;;/t8-,10+;;;6-,7+;;;;;;/m0..0....../s1. The van der Waals surface area contributed by atoms with Gasteiger partial charge in [0.1, 0.15) is 66.1 Å². The minimum absolute atomic E-state index is 0. The van der Waals surface area contributed by atoms with Gasteiger partial charge in [-0.25, -0.2) is 54.4 Å². The van der Waals surface area contributed by atoms with E-state index < -0.39 is 62.9 Å². The third kappa shape index (κ3) is 26.6. The van der Waals surface area contributed by atoms with Gasteiger partial charge in [0.15, 0.2) is 51.1 Å². The molecule has 0 aromatic carbocycles. The number of aliphatic carboxylic acids is 2. The average molecular weight is 1710 g/mol. The van der Waals surface area contributed by atoms with Crippen molar-refractivity contribution in [1.29, 1.82) is 0 Å². The van der Waals surface area contributed by atoms with Crippen molar-refractivity contribution in [3.8, 4) is 0 Å². The van der Waals surface area contributed by atoms with Gasteiger partial charge < -0.3 is 101 Å². The van der Waals surface area contributed by atoms with Crippen LogP contribution < -0.4 is 50.7 Å². The highest BCUT2D eigenvalue weighted by Crippen LogP contribution is 2.36. The van der Waals surface area contributed by atoms with Crippen molar-refractivity contribution >= 4 is 113 Å². The van der Waals surface area contributed by atoms with Gasteiger partial charge in [-0.3, -0.25) is 37.9 Å². The van der Waals surface area contributed by atoms with E-state index in [0.717, 1.165) is 49.1 Å². The minimum Gasteiger partial charge on any atom is -0.481 e. The zero-order valence-electron chi connectivity index (χ0n) is 62.5. The molecule has 0 bridgehead atoms. The highest BCUT2D eigenvalue weighted by molar-refractivity contribution is 8.00. The number of aryl methyl sites for hydroxylation is 1. The fraction of sp³-hybridized carbons (Fsp3) is 0.529. The number of carbonyl (C=O) groups is 2. The number of ether oxygens (including phenoxy) is 5. The summed E-state index contributed by atoms with van der Waals surface area (Å²) in [4.78, 5) is 122. The van der Waals surface area contributed by atoms with Gasteiger partial charge in [0.05, 0.1) is 114 Å². The molecule has 17 N–H and O–H groups in total. The third-order valence-corrected chi connectivity index (χ3v) is 19.6. The summed E-state index contributed by atoms with van der Waals surface area (Å²) in [5.74, 6) is -0.0304. The monoisotopic (exact) mass is 1710 g/mol. The number of nitrogen functional groups attached to an aromatic ring is 4. The lowest BCUT2D eigenvalue weighted by Gasteiger charge is -2.14. The molecule has 1 saturated carbocycles. The predicted octanol–water partition coefficient (Wildman–Crippen LogP) is 4.00. The molecule has 47 nitrogen and oxygen atoms in total. The van der Waals surface area contributed by atoms with Crippen molar-refractivity contribution in [3.63, 3.8) is 0 Å². The molecule has 0 radical (unpaired) electrons. The Labute approximate surface area is 678 Å². The van der Waals surface area contributed by atoms with E-state index in [4.69, 9.17) is 77.7 Å². The Hall–Kier alpha value is -11.3. The smallest absolute Gasteiger partial charge is 0.363 e. The molecule has 118 heavy (non-hydrogen) atoms. The maximum Gasteiger partial charge on any atom is 0.363 e. The van der Waals surface area contributed by atoms with Crippen LogP contribution >= 0.6 is 27.4 Å². The number of azide groups is 1. The van der Waals surface area contributed by atoms with E-state index in [1.54, 1.807) is 62.4 Å². The van der Waals surface area contributed by atoms with E-state index in [-0.39, 0.29) is 139 Å². The normalized spacial score (nSPS) is 19.8. The summed E-state index contributed by atoms with van der Waals surface area (Å²) in [7, 11) is -2.53. The first-order valence-corrected chi connectivity index (χ1v) is 40.2. The molecule has 5 aliphatic rings. The number of rotatable bonds is 24. The number of aliphatic hydroxyl groups excluding tert-OH is 4. The number of fused-ring (bicyclic) bond motifs is 4. The second-order valence-corrected chi connectivity index (χ2v) is 30.5. The number of nitrogens with zero attached hydrogens (tertiary/aromatic N) is 21. The minimum atomic E-state index is -1.28. The Bertz CT molecular complexity index is 5310. The number of H-pyrrole nitrogens is 2. The van der Waals surface area contributed by atoms with E-state index in [0.29, 0.717) is 83.0 Å². The second-order valence-electron chi connectivity index (χ2n) is 26.1. The van der Waals surface area contributed by atoms with Crippen LogP contribution in [0.15, 0.2) is 99.2 Å². The van der Waals surface area contributed by atoms with Crippen molar-refractivity contribution < 1.29 is 73.0 Å². The number of aromatic amines is 2. The number of aliphatic hydroxyl groups is 4. The molecule has 8 unspecified atom stereocenters. The molecule has 2 aliphatic carbocycles. The van der Waals surface area contributed by atoms with Gasteiger partial charge in [-0.1, -0.05) is 48.7 Å². The highest BCUT2D eigenvalue weighted by Gasteiger charge is 2.36. The van der Waals surface area contributed by atoms with E-state index >= 15 is 0 Å². The van der Waals surface area contributed by atoms with Crippen molar-refractivity contribution in [1.82, 2.24) is 97.2 Å². The van der Waals surface area contributed by atoms with Crippen LogP contribution in [-0.2, 0) is 55.5 Å². The van der Waals surface area contributed by atoms with Crippen LogP contribution in [0.25, 0.3) is 55.1 Å². The summed E-state index contributed by atoms with van der Waals surface area (Å²) < 4.78 is 58.9. The maximum absolute atomic E-state index is 11.7. The van der Waals surface area contributed by atoms with Gasteiger partial charge in [0.25, 0.3) is 11.1 Å². The summed E-state index contributed by atoms with van der Waals surface area (Å²) in [6.07, 6.45) is 21.1. The van der Waals surface area contributed by atoms with Crippen molar-refractivity contribution in [2.75, 3.05) is 93.9 Å². The van der Waals surface area contributed by atoms with Gasteiger partial charge in [0, 0.05) is 54.4 Å². The first-order chi connectivity index (χ1) is 55.2. The summed E-state index contributed by atoms with van der Waals surface area (Å²) >= 11 is 1.39. The topological polar surface area (TPSA) is 685 Å². The number of nitrogens with two attached hydrogens (primary N) is 4. The molecule has 0 amide bonds. The Kier molecular flexibility index (Phi) is 37.3. The molecule has 15 rings (SSSR count). The van der Waals surface area contributed by atoms with E-state index in [9.17, 15) is 43.0 Å². The fourth-order valence-electron chi connectivity index (χ4n) is 11.5. The molecular formula is C68H100N28O19P2S+2. The zero-order valence-corrected chi connectivity index (χ0v) is 65.1. The number of hydrogen-bond acceptors (Lipinski definition) is 36. The lowest BCUT2D eigenvalue weighted by Crippen LogP contribution is -2.33. The number of anilines is 5. The summed E-state index contributed by atoms with van der Waals surface area (Å²) in [6.45, 7) is 8.60.